The quantitative estimate of drug-likeness (QED) is 0.299. The van der Waals surface area contributed by atoms with E-state index in [4.69, 9.17) is 10.5 Å². The molecule has 1 aliphatic heterocycles. The van der Waals surface area contributed by atoms with E-state index in [0.717, 1.165) is 5.56 Å². The van der Waals surface area contributed by atoms with Crippen LogP contribution in [0.15, 0.2) is 49.2 Å². The number of aliphatic hydroxyl groups excluding tert-OH is 3. The maximum atomic E-state index is 12.1. The van der Waals surface area contributed by atoms with Crippen molar-refractivity contribution in [2.75, 3.05) is 6.61 Å². The molecule has 4 atom stereocenters. The molecule has 0 bridgehead atoms. The number of primary amides is 1. The van der Waals surface area contributed by atoms with Gasteiger partial charge in [0, 0.05) is 12.7 Å². The van der Waals surface area contributed by atoms with E-state index in [0.29, 0.717) is 6.54 Å². The lowest BCUT2D eigenvalue weighted by atomic mass is 10.1. The number of rotatable bonds is 7. The van der Waals surface area contributed by atoms with Crippen molar-refractivity contribution in [2.24, 2.45) is 5.73 Å². The van der Waals surface area contributed by atoms with E-state index >= 15 is 0 Å². The molecule has 1 fully saturated rings. The van der Waals surface area contributed by atoms with Gasteiger partial charge in [-0.15, -0.1) is 0 Å². The van der Waals surface area contributed by atoms with Crippen molar-refractivity contribution in [3.8, 4) is 0 Å². The third kappa shape index (κ3) is 3.99. The number of nitrogens with zero attached hydrogens (tertiary/aromatic N) is 4. The number of carbonyl (C=O) groups excluding carboxylic acids is 1. The van der Waals surface area contributed by atoms with Crippen LogP contribution in [-0.2, 0) is 16.1 Å². The molecular weight excluding hydrogens is 404 g/mol. The van der Waals surface area contributed by atoms with Crippen LogP contribution in [-0.4, -0.2) is 65.7 Å². The van der Waals surface area contributed by atoms with Crippen LogP contribution < -0.4 is 11.1 Å². The minimum Gasteiger partial charge on any atom is -0.394 e. The summed E-state index contributed by atoms with van der Waals surface area (Å²) in [6.45, 7) is 0.0199. The van der Waals surface area contributed by atoms with Crippen LogP contribution in [0, 0.1) is 0 Å². The zero-order valence-electron chi connectivity index (χ0n) is 16.4. The Bertz CT molecular complexity index is 1100. The maximum Gasteiger partial charge on any atom is 0.252 e. The lowest BCUT2D eigenvalue weighted by Gasteiger charge is -2.16. The Labute approximate surface area is 176 Å². The lowest BCUT2D eigenvalue weighted by Crippen LogP contribution is -2.33. The van der Waals surface area contributed by atoms with Crippen LogP contribution in [0.2, 0.25) is 0 Å². The molecule has 11 nitrogen and oxygen atoms in total. The number of carbonyl (C=O) groups is 1. The van der Waals surface area contributed by atoms with Crippen molar-refractivity contribution >= 4 is 22.6 Å². The van der Waals surface area contributed by atoms with Gasteiger partial charge in [0.1, 0.15) is 35.8 Å². The van der Waals surface area contributed by atoms with Crippen LogP contribution in [0.3, 0.4) is 0 Å². The fraction of sp³-hybridized carbons (Fsp3) is 0.300. The van der Waals surface area contributed by atoms with Crippen molar-refractivity contribution in [1.29, 1.82) is 0 Å². The van der Waals surface area contributed by atoms with Gasteiger partial charge in [-0.05, 0) is 5.56 Å². The monoisotopic (exact) mass is 426 g/mol. The second kappa shape index (κ2) is 8.78. The van der Waals surface area contributed by atoms with E-state index in [2.05, 4.69) is 20.3 Å². The molecule has 4 rings (SSSR count). The van der Waals surface area contributed by atoms with Gasteiger partial charge in [0.15, 0.2) is 11.9 Å². The summed E-state index contributed by atoms with van der Waals surface area (Å²) in [5.41, 5.74) is 7.46. The zero-order valence-corrected chi connectivity index (χ0v) is 16.4. The molecule has 0 spiro atoms. The van der Waals surface area contributed by atoms with Crippen LogP contribution in [0.25, 0.3) is 16.7 Å². The predicted octanol–water partition coefficient (Wildman–Crippen LogP) is -0.946. The molecule has 1 aromatic carbocycles. The molecule has 6 N–H and O–H groups in total. The number of fused-ring (bicyclic) bond motifs is 1. The van der Waals surface area contributed by atoms with Crippen LogP contribution in [0.5, 0.6) is 0 Å². The zero-order chi connectivity index (χ0) is 22.0. The molecule has 2 aromatic heterocycles. The Morgan fingerprint density at radius 2 is 1.97 bits per heavy atom. The maximum absolute atomic E-state index is 12.1. The topological polar surface area (TPSA) is 169 Å². The number of amides is 1. The summed E-state index contributed by atoms with van der Waals surface area (Å²) in [6.07, 6.45) is -0.449. The highest BCUT2D eigenvalue weighted by Gasteiger charge is 2.44. The van der Waals surface area contributed by atoms with Crippen LogP contribution >= 0.6 is 0 Å². The molecule has 1 amide bonds. The number of nitrogens with two attached hydrogens (primary N) is 1. The van der Waals surface area contributed by atoms with Gasteiger partial charge in [-0.2, -0.15) is 0 Å². The highest BCUT2D eigenvalue weighted by molar-refractivity contribution is 6.20. The molecule has 3 aromatic rings. The highest BCUT2D eigenvalue weighted by Crippen LogP contribution is 2.32. The Hall–Kier alpha value is -3.38. The second-order valence-corrected chi connectivity index (χ2v) is 7.06. The summed E-state index contributed by atoms with van der Waals surface area (Å²) in [5, 5.41) is 32.7. The molecule has 0 aliphatic carbocycles. The molecule has 0 radical (unpaired) electrons. The van der Waals surface area contributed by atoms with Crippen LogP contribution in [0.4, 0.5) is 0 Å². The summed E-state index contributed by atoms with van der Waals surface area (Å²) in [4.78, 5) is 24.7. The third-order valence-corrected chi connectivity index (χ3v) is 5.07. The number of hydrogen-bond acceptors (Lipinski definition) is 9. The van der Waals surface area contributed by atoms with Crippen molar-refractivity contribution in [3.63, 3.8) is 0 Å². The summed E-state index contributed by atoms with van der Waals surface area (Å²) in [7, 11) is 0. The molecule has 0 unspecified atom stereocenters. The number of ether oxygens (including phenoxy) is 1. The first-order chi connectivity index (χ1) is 15.0. The Morgan fingerprint density at radius 3 is 2.65 bits per heavy atom. The minimum absolute atomic E-state index is 0.106. The Balaban J connectivity index is 1.66. The highest BCUT2D eigenvalue weighted by atomic mass is 16.6. The van der Waals surface area contributed by atoms with Gasteiger partial charge in [-0.3, -0.25) is 9.36 Å². The number of nitrogens with one attached hydrogen (secondary N) is 1. The average molecular weight is 426 g/mol. The van der Waals surface area contributed by atoms with Crippen LogP contribution in [0.1, 0.15) is 17.5 Å². The van der Waals surface area contributed by atoms with Crippen molar-refractivity contribution < 1.29 is 24.9 Å². The van der Waals surface area contributed by atoms with E-state index < -0.39 is 37.1 Å². The van der Waals surface area contributed by atoms with Crippen molar-refractivity contribution in [1.82, 2.24) is 24.8 Å². The number of benzene rings is 1. The predicted molar refractivity (Wildman–Crippen MR) is 109 cm³/mol. The van der Waals surface area contributed by atoms with Gasteiger partial charge in [0.05, 0.1) is 18.5 Å². The molecule has 1 aliphatic rings. The lowest BCUT2D eigenvalue weighted by molar-refractivity contribution is -0.112. The average Bonchev–Trinajstić information content (AvgIpc) is 3.33. The molecule has 1 saturated heterocycles. The number of imidazole rings is 1. The molecule has 11 heteroatoms. The molecule has 3 heterocycles. The molecular formula is C20H22N6O5. The van der Waals surface area contributed by atoms with Crippen molar-refractivity contribution in [2.45, 2.75) is 31.1 Å². The molecule has 31 heavy (non-hydrogen) atoms. The molecule has 162 valence electrons. The number of aromatic nitrogens is 4. The van der Waals surface area contributed by atoms with E-state index in [1.54, 1.807) is 0 Å². The van der Waals surface area contributed by atoms with Gasteiger partial charge in [-0.1, -0.05) is 30.3 Å². The van der Waals surface area contributed by atoms with E-state index in [9.17, 15) is 20.1 Å². The van der Waals surface area contributed by atoms with E-state index in [1.807, 2.05) is 30.3 Å². The first-order valence-corrected chi connectivity index (χ1v) is 9.59. The second-order valence-electron chi connectivity index (χ2n) is 7.06. The molecule has 0 saturated carbocycles. The SMILES string of the molecule is NC(=O)/C(=C\NCc1ccccc1)c1ncnc2c1ncn2[C@@H]1O[C@H](CO)[C@@H](O)[C@H]1O. The number of hydrogen-bond donors (Lipinski definition) is 5. The van der Waals surface area contributed by atoms with Gasteiger partial charge in [0.25, 0.3) is 5.91 Å². The van der Waals surface area contributed by atoms with Gasteiger partial charge >= 0.3 is 0 Å². The number of aliphatic hydroxyl groups is 3. The van der Waals surface area contributed by atoms with Crippen molar-refractivity contribution in [3.05, 3.63) is 60.4 Å². The van der Waals surface area contributed by atoms with E-state index in [-0.39, 0.29) is 22.4 Å². The third-order valence-electron chi connectivity index (χ3n) is 5.07. The van der Waals surface area contributed by atoms with Gasteiger partial charge in [0.2, 0.25) is 0 Å². The summed E-state index contributed by atoms with van der Waals surface area (Å²) in [6, 6.07) is 9.61. The fourth-order valence-electron chi connectivity index (χ4n) is 3.47. The largest absolute Gasteiger partial charge is 0.394 e. The summed E-state index contributed by atoms with van der Waals surface area (Å²) in [5.74, 6) is -0.706. The Morgan fingerprint density at radius 1 is 1.19 bits per heavy atom. The normalized spacial score (nSPS) is 23.9. The van der Waals surface area contributed by atoms with Gasteiger partial charge < -0.3 is 31.1 Å². The van der Waals surface area contributed by atoms with Gasteiger partial charge in [-0.25, -0.2) is 15.0 Å². The standard InChI is InChI=1S/C20H22N6O5/c21-18(30)12(7-22-6-11-4-2-1-3-5-11)14-15-19(24-9-23-14)26(10-25-15)20-17(29)16(28)13(8-27)31-20/h1-5,7,9-10,13,16-17,20,22,27-29H,6,8H2,(H2,21,30)/b12-7-/t13-,16-,17-,20-/m1/s1. The summed E-state index contributed by atoms with van der Waals surface area (Å²) >= 11 is 0. The summed E-state index contributed by atoms with van der Waals surface area (Å²) < 4.78 is 6.96. The first-order valence-electron chi connectivity index (χ1n) is 9.59. The Kier molecular flexibility index (Phi) is 5.91. The first kappa shape index (κ1) is 20.9. The minimum atomic E-state index is -1.30. The van der Waals surface area contributed by atoms with E-state index in [1.165, 1.54) is 23.4 Å². The smallest absolute Gasteiger partial charge is 0.252 e. The fourth-order valence-corrected chi connectivity index (χ4v) is 3.47.